The Morgan fingerprint density at radius 3 is 2.09 bits per heavy atom. The molecule has 0 aromatic heterocycles. The summed E-state index contributed by atoms with van der Waals surface area (Å²) >= 11 is 0. The molecule has 0 aliphatic heterocycles. The normalized spacial score (nSPS) is 18.0. The summed E-state index contributed by atoms with van der Waals surface area (Å²) in [5, 5.41) is 18.1. The van der Waals surface area contributed by atoms with Crippen LogP contribution in [0.3, 0.4) is 0 Å². The third-order valence-corrected chi connectivity index (χ3v) is 3.45. The molecule has 2 N–H and O–H groups in total. The summed E-state index contributed by atoms with van der Waals surface area (Å²) in [6, 6.07) is 0. The number of aliphatic carboxylic acids is 2. The van der Waals surface area contributed by atoms with Crippen molar-refractivity contribution in [3.8, 4) is 0 Å². The van der Waals surface area contributed by atoms with Crippen LogP contribution >= 0.6 is 0 Å². The molecular weight excluding hydrogens is 296 g/mol. The standard InChI is InChI=1S/C14H20O8/c1-9(15)22-14(13(19)20,7-11(16)17)8-12(18)21-10-5-3-2-4-6-10/h10H,2-8H2,1H3,(H,16,17)(H,19,20). The van der Waals surface area contributed by atoms with Gasteiger partial charge in [-0.05, 0) is 25.7 Å². The fourth-order valence-electron chi connectivity index (χ4n) is 2.49. The van der Waals surface area contributed by atoms with Crippen LogP contribution in [0, 0.1) is 0 Å². The van der Waals surface area contributed by atoms with Gasteiger partial charge in [0.15, 0.2) is 0 Å². The van der Waals surface area contributed by atoms with Crippen LogP contribution in [0.2, 0.25) is 0 Å². The molecule has 124 valence electrons. The van der Waals surface area contributed by atoms with Crippen molar-refractivity contribution in [1.82, 2.24) is 0 Å². The average molecular weight is 316 g/mol. The van der Waals surface area contributed by atoms with Crippen molar-refractivity contribution in [2.75, 3.05) is 0 Å². The van der Waals surface area contributed by atoms with E-state index < -0.39 is 42.3 Å². The molecule has 8 nitrogen and oxygen atoms in total. The molecule has 1 saturated carbocycles. The second kappa shape index (κ2) is 7.77. The first-order chi connectivity index (χ1) is 10.2. The van der Waals surface area contributed by atoms with Crippen LogP contribution in [0.5, 0.6) is 0 Å². The summed E-state index contributed by atoms with van der Waals surface area (Å²) in [6.45, 7) is 0.950. The number of carbonyl (C=O) groups excluding carboxylic acids is 2. The van der Waals surface area contributed by atoms with Gasteiger partial charge in [0.2, 0.25) is 5.60 Å². The molecule has 1 rings (SSSR count). The zero-order chi connectivity index (χ0) is 16.8. The topological polar surface area (TPSA) is 127 Å². The van der Waals surface area contributed by atoms with Gasteiger partial charge in [0.1, 0.15) is 6.10 Å². The lowest BCUT2D eigenvalue weighted by atomic mass is 9.94. The Bertz CT molecular complexity index is 434. The molecule has 0 radical (unpaired) electrons. The van der Waals surface area contributed by atoms with E-state index in [0.29, 0.717) is 12.8 Å². The number of carboxylic acid groups (broad SMARTS) is 2. The highest BCUT2D eigenvalue weighted by molar-refractivity contribution is 5.90. The molecule has 0 saturated heterocycles. The van der Waals surface area contributed by atoms with E-state index in [1.165, 1.54) is 0 Å². The van der Waals surface area contributed by atoms with Crippen molar-refractivity contribution in [1.29, 1.82) is 0 Å². The van der Waals surface area contributed by atoms with Gasteiger partial charge in [-0.1, -0.05) is 6.42 Å². The number of carbonyl (C=O) groups is 4. The minimum atomic E-state index is -2.44. The monoisotopic (exact) mass is 316 g/mol. The number of carboxylic acids is 2. The van der Waals surface area contributed by atoms with Gasteiger partial charge in [-0.2, -0.15) is 0 Å². The van der Waals surface area contributed by atoms with Crippen molar-refractivity contribution in [2.45, 2.75) is 63.6 Å². The molecule has 0 spiro atoms. The molecule has 1 aliphatic rings. The predicted octanol–water partition coefficient (Wildman–Crippen LogP) is 1.11. The number of esters is 2. The molecule has 0 heterocycles. The Morgan fingerprint density at radius 2 is 1.64 bits per heavy atom. The minimum Gasteiger partial charge on any atom is -0.481 e. The van der Waals surface area contributed by atoms with E-state index in [4.69, 9.17) is 9.84 Å². The van der Waals surface area contributed by atoms with Crippen LogP contribution in [0.4, 0.5) is 0 Å². The Morgan fingerprint density at radius 1 is 1.05 bits per heavy atom. The zero-order valence-corrected chi connectivity index (χ0v) is 12.4. The third kappa shape index (κ3) is 5.34. The molecule has 0 aromatic rings. The van der Waals surface area contributed by atoms with Crippen molar-refractivity contribution < 1.29 is 38.9 Å². The highest BCUT2D eigenvalue weighted by Crippen LogP contribution is 2.26. The highest BCUT2D eigenvalue weighted by Gasteiger charge is 2.47. The van der Waals surface area contributed by atoms with E-state index >= 15 is 0 Å². The number of rotatable bonds is 7. The van der Waals surface area contributed by atoms with Gasteiger partial charge in [0, 0.05) is 6.92 Å². The molecule has 22 heavy (non-hydrogen) atoms. The largest absolute Gasteiger partial charge is 0.481 e. The maximum Gasteiger partial charge on any atom is 0.349 e. The summed E-state index contributed by atoms with van der Waals surface area (Å²) in [4.78, 5) is 45.2. The first-order valence-corrected chi connectivity index (χ1v) is 7.09. The molecule has 0 bridgehead atoms. The van der Waals surface area contributed by atoms with Gasteiger partial charge in [-0.3, -0.25) is 14.4 Å². The minimum absolute atomic E-state index is 0.296. The molecule has 0 amide bonds. The average Bonchev–Trinajstić information content (AvgIpc) is 2.37. The van der Waals surface area contributed by atoms with E-state index in [1.54, 1.807) is 0 Å². The van der Waals surface area contributed by atoms with E-state index in [9.17, 15) is 24.3 Å². The van der Waals surface area contributed by atoms with Gasteiger partial charge in [-0.15, -0.1) is 0 Å². The first-order valence-electron chi connectivity index (χ1n) is 7.09. The van der Waals surface area contributed by atoms with Gasteiger partial charge < -0.3 is 19.7 Å². The molecule has 1 unspecified atom stereocenters. The molecule has 1 aliphatic carbocycles. The van der Waals surface area contributed by atoms with Crippen molar-refractivity contribution in [2.24, 2.45) is 0 Å². The van der Waals surface area contributed by atoms with Crippen LogP contribution in [0.25, 0.3) is 0 Å². The fourth-order valence-corrected chi connectivity index (χ4v) is 2.49. The summed E-state index contributed by atoms with van der Waals surface area (Å²) in [7, 11) is 0. The molecular formula is C14H20O8. The maximum absolute atomic E-state index is 11.9. The van der Waals surface area contributed by atoms with Crippen molar-refractivity contribution in [3.05, 3.63) is 0 Å². The zero-order valence-electron chi connectivity index (χ0n) is 12.4. The Hall–Kier alpha value is -2.12. The number of hydrogen-bond donors (Lipinski definition) is 2. The van der Waals surface area contributed by atoms with Crippen molar-refractivity contribution >= 4 is 23.9 Å². The SMILES string of the molecule is CC(=O)OC(CC(=O)O)(CC(=O)OC1CCCCC1)C(=O)O. The van der Waals surface area contributed by atoms with E-state index in [2.05, 4.69) is 4.74 Å². The number of hydrogen-bond acceptors (Lipinski definition) is 6. The predicted molar refractivity (Wildman–Crippen MR) is 72.0 cm³/mol. The lowest BCUT2D eigenvalue weighted by Crippen LogP contribution is -2.47. The molecule has 1 atom stereocenters. The molecule has 0 aromatic carbocycles. The number of ether oxygens (including phenoxy) is 2. The van der Waals surface area contributed by atoms with E-state index in [1.807, 2.05) is 0 Å². The Kier molecular flexibility index (Phi) is 6.33. The lowest BCUT2D eigenvalue weighted by molar-refractivity contribution is -0.187. The quantitative estimate of drug-likeness (QED) is 0.669. The summed E-state index contributed by atoms with van der Waals surface area (Å²) in [5.41, 5.74) is -2.44. The van der Waals surface area contributed by atoms with Crippen LogP contribution in [0.1, 0.15) is 51.9 Å². The van der Waals surface area contributed by atoms with Gasteiger partial charge in [-0.25, -0.2) is 4.79 Å². The summed E-state index contributed by atoms with van der Waals surface area (Å²) < 4.78 is 9.82. The second-order valence-corrected chi connectivity index (χ2v) is 5.39. The van der Waals surface area contributed by atoms with Crippen LogP contribution in [0.15, 0.2) is 0 Å². The fraction of sp³-hybridized carbons (Fsp3) is 0.714. The van der Waals surface area contributed by atoms with Crippen LogP contribution in [-0.2, 0) is 28.7 Å². The Balaban J connectivity index is 2.80. The van der Waals surface area contributed by atoms with Gasteiger partial charge in [0.05, 0.1) is 12.8 Å². The van der Waals surface area contributed by atoms with Crippen LogP contribution in [-0.4, -0.2) is 45.8 Å². The van der Waals surface area contributed by atoms with Crippen LogP contribution < -0.4 is 0 Å². The third-order valence-electron chi connectivity index (χ3n) is 3.45. The summed E-state index contributed by atoms with van der Waals surface area (Å²) in [6.07, 6.45) is 2.14. The highest BCUT2D eigenvalue weighted by atomic mass is 16.6. The summed E-state index contributed by atoms with van der Waals surface area (Å²) in [5.74, 6) is -5.04. The molecule has 1 fully saturated rings. The second-order valence-electron chi connectivity index (χ2n) is 5.39. The molecule has 8 heteroatoms. The first kappa shape index (κ1) is 17.9. The lowest BCUT2D eigenvalue weighted by Gasteiger charge is -2.28. The van der Waals surface area contributed by atoms with Gasteiger partial charge >= 0.3 is 23.9 Å². The van der Waals surface area contributed by atoms with E-state index in [-0.39, 0.29) is 6.10 Å². The Labute approximate surface area is 127 Å². The van der Waals surface area contributed by atoms with Gasteiger partial charge in [0.25, 0.3) is 0 Å². The van der Waals surface area contributed by atoms with E-state index in [0.717, 1.165) is 26.2 Å². The maximum atomic E-state index is 11.9. The smallest absolute Gasteiger partial charge is 0.349 e. The van der Waals surface area contributed by atoms with Crippen molar-refractivity contribution in [3.63, 3.8) is 0 Å².